The molecule has 0 unspecified atom stereocenters. The van der Waals surface area contributed by atoms with Crippen LogP contribution in [0.4, 0.5) is 0 Å². The van der Waals surface area contributed by atoms with E-state index in [1.54, 1.807) is 24.3 Å². The maximum absolute atomic E-state index is 11.9. The van der Waals surface area contributed by atoms with Crippen molar-refractivity contribution in [2.75, 3.05) is 14.2 Å². The Balaban J connectivity index is 2.76. The predicted octanol–water partition coefficient (Wildman–Crippen LogP) is 2.98. The molecule has 0 N–H and O–H groups in total. The quantitative estimate of drug-likeness (QED) is 0.609. The van der Waals surface area contributed by atoms with Crippen LogP contribution >= 0.6 is 7.60 Å². The second-order valence-corrected chi connectivity index (χ2v) is 6.31. The molecule has 0 spiro atoms. The number of carbonyl (C=O) groups is 1. The molecule has 0 heterocycles. The Morgan fingerprint density at radius 1 is 1.17 bits per heavy atom. The second-order valence-electron chi connectivity index (χ2n) is 3.78. The lowest BCUT2D eigenvalue weighted by Crippen LogP contribution is -2.17. The topological polar surface area (TPSA) is 61.8 Å². The van der Waals surface area contributed by atoms with Crippen molar-refractivity contribution in [3.05, 3.63) is 35.4 Å². The SMILES string of the molecule is COP(=O)(OC)[C@@H](C)OC(=O)c1ccc(C)cc1. The zero-order chi connectivity index (χ0) is 13.8. The molecule has 18 heavy (non-hydrogen) atoms. The molecular formula is C12H17O5P. The van der Waals surface area contributed by atoms with E-state index in [0.717, 1.165) is 5.56 Å². The van der Waals surface area contributed by atoms with Crippen molar-refractivity contribution in [2.24, 2.45) is 0 Å². The molecule has 100 valence electrons. The zero-order valence-corrected chi connectivity index (χ0v) is 11.8. The smallest absolute Gasteiger partial charge is 0.370 e. The van der Waals surface area contributed by atoms with Gasteiger partial charge in [0.1, 0.15) is 0 Å². The van der Waals surface area contributed by atoms with Crippen molar-refractivity contribution in [1.29, 1.82) is 0 Å². The van der Waals surface area contributed by atoms with Gasteiger partial charge in [-0.05, 0) is 26.0 Å². The first kappa shape index (κ1) is 14.9. The number of rotatable bonds is 5. The normalized spacial score (nSPS) is 13.1. The van der Waals surface area contributed by atoms with Gasteiger partial charge in [0.05, 0.1) is 5.56 Å². The van der Waals surface area contributed by atoms with E-state index >= 15 is 0 Å². The highest BCUT2D eigenvalue weighted by atomic mass is 31.2. The van der Waals surface area contributed by atoms with Crippen LogP contribution in [0.3, 0.4) is 0 Å². The van der Waals surface area contributed by atoms with Gasteiger partial charge in [-0.25, -0.2) is 4.79 Å². The number of hydrogen-bond donors (Lipinski definition) is 0. The lowest BCUT2D eigenvalue weighted by atomic mass is 10.1. The van der Waals surface area contributed by atoms with Crippen LogP contribution in [0.25, 0.3) is 0 Å². The van der Waals surface area contributed by atoms with E-state index < -0.39 is 19.4 Å². The van der Waals surface area contributed by atoms with Crippen molar-refractivity contribution in [2.45, 2.75) is 19.7 Å². The number of ether oxygens (including phenoxy) is 1. The second kappa shape index (κ2) is 6.14. The van der Waals surface area contributed by atoms with Crippen LogP contribution in [0, 0.1) is 6.92 Å². The predicted molar refractivity (Wildman–Crippen MR) is 67.7 cm³/mol. The monoisotopic (exact) mass is 272 g/mol. The van der Waals surface area contributed by atoms with Gasteiger partial charge in [0.2, 0.25) is 0 Å². The van der Waals surface area contributed by atoms with Crippen LogP contribution in [0.5, 0.6) is 0 Å². The van der Waals surface area contributed by atoms with Crippen molar-refractivity contribution in [3.63, 3.8) is 0 Å². The molecule has 0 aliphatic rings. The molecule has 1 rings (SSSR count). The highest BCUT2D eigenvalue weighted by molar-refractivity contribution is 7.54. The molecule has 0 aliphatic heterocycles. The molecule has 0 saturated carbocycles. The molecule has 0 bridgehead atoms. The Bertz CT molecular complexity index is 446. The van der Waals surface area contributed by atoms with E-state index in [9.17, 15) is 9.36 Å². The standard InChI is InChI=1S/C12H17O5P/c1-9-5-7-11(8-6-9)12(13)17-10(2)18(14,15-3)16-4/h5-8,10H,1-4H3/t10-/m0/s1. The van der Waals surface area contributed by atoms with E-state index in [2.05, 4.69) is 0 Å². The Labute approximate surface area is 107 Å². The minimum absolute atomic E-state index is 0.395. The molecule has 0 saturated heterocycles. The van der Waals surface area contributed by atoms with Gasteiger partial charge in [-0.3, -0.25) is 4.57 Å². The largest absolute Gasteiger partial charge is 0.446 e. The number of carbonyl (C=O) groups excluding carboxylic acids is 1. The molecule has 0 aliphatic carbocycles. The summed E-state index contributed by atoms with van der Waals surface area (Å²) >= 11 is 0. The van der Waals surface area contributed by atoms with E-state index in [-0.39, 0.29) is 0 Å². The molecule has 1 atom stereocenters. The third-order valence-electron chi connectivity index (χ3n) is 2.52. The first-order chi connectivity index (χ1) is 8.42. The molecule has 0 radical (unpaired) electrons. The lowest BCUT2D eigenvalue weighted by Gasteiger charge is -2.20. The minimum Gasteiger partial charge on any atom is -0.446 e. The van der Waals surface area contributed by atoms with Gasteiger partial charge in [0.25, 0.3) is 0 Å². The first-order valence-electron chi connectivity index (χ1n) is 5.42. The van der Waals surface area contributed by atoms with Crippen LogP contribution in [0.1, 0.15) is 22.8 Å². The van der Waals surface area contributed by atoms with E-state index in [0.29, 0.717) is 5.56 Å². The lowest BCUT2D eigenvalue weighted by molar-refractivity contribution is 0.0414. The highest BCUT2D eigenvalue weighted by Gasteiger charge is 2.33. The summed E-state index contributed by atoms with van der Waals surface area (Å²) in [5.41, 5.74) is 1.44. The Kier molecular flexibility index (Phi) is 5.08. The summed E-state index contributed by atoms with van der Waals surface area (Å²) in [6.07, 6.45) is 0. The summed E-state index contributed by atoms with van der Waals surface area (Å²) in [7, 11) is -0.898. The fourth-order valence-corrected chi connectivity index (χ4v) is 2.32. The summed E-state index contributed by atoms with van der Waals surface area (Å²) in [4.78, 5) is 11.8. The maximum Gasteiger partial charge on any atom is 0.370 e. The number of benzene rings is 1. The number of aryl methyl sites for hydroxylation is 1. The van der Waals surface area contributed by atoms with E-state index in [1.807, 2.05) is 6.92 Å². The van der Waals surface area contributed by atoms with Crippen molar-refractivity contribution >= 4 is 13.6 Å². The maximum atomic E-state index is 11.9. The van der Waals surface area contributed by atoms with E-state index in [1.165, 1.54) is 21.1 Å². The summed E-state index contributed by atoms with van der Waals surface area (Å²) in [5.74, 6) is -1.52. The van der Waals surface area contributed by atoms with Crippen molar-refractivity contribution in [3.8, 4) is 0 Å². The van der Waals surface area contributed by atoms with Crippen molar-refractivity contribution < 1.29 is 23.1 Å². The van der Waals surface area contributed by atoms with Gasteiger partial charge in [-0.15, -0.1) is 0 Å². The van der Waals surface area contributed by atoms with Gasteiger partial charge in [0.15, 0.2) is 5.85 Å². The van der Waals surface area contributed by atoms with Gasteiger partial charge in [-0.1, -0.05) is 17.7 Å². The summed E-state index contributed by atoms with van der Waals surface area (Å²) in [6, 6.07) is 6.89. The van der Waals surface area contributed by atoms with Crippen LogP contribution in [0.15, 0.2) is 24.3 Å². The minimum atomic E-state index is -3.40. The molecule has 0 amide bonds. The Hall–Kier alpha value is -1.16. The molecule has 6 heteroatoms. The zero-order valence-electron chi connectivity index (χ0n) is 10.9. The third-order valence-corrected chi connectivity index (χ3v) is 4.53. The average Bonchev–Trinajstić information content (AvgIpc) is 2.38. The van der Waals surface area contributed by atoms with Crippen LogP contribution in [0.2, 0.25) is 0 Å². The molecule has 5 nitrogen and oxygen atoms in total. The Morgan fingerprint density at radius 2 is 1.67 bits per heavy atom. The van der Waals surface area contributed by atoms with Crippen LogP contribution in [-0.4, -0.2) is 26.0 Å². The highest BCUT2D eigenvalue weighted by Crippen LogP contribution is 2.51. The molecule has 0 fully saturated rings. The van der Waals surface area contributed by atoms with Gasteiger partial charge < -0.3 is 13.8 Å². The summed E-state index contributed by atoms with van der Waals surface area (Å²) < 4.78 is 26.5. The third kappa shape index (κ3) is 3.42. The van der Waals surface area contributed by atoms with Crippen LogP contribution in [-0.2, 0) is 18.3 Å². The fourth-order valence-electron chi connectivity index (χ4n) is 1.35. The average molecular weight is 272 g/mol. The number of esters is 1. The van der Waals surface area contributed by atoms with Crippen LogP contribution < -0.4 is 0 Å². The van der Waals surface area contributed by atoms with Gasteiger partial charge in [0, 0.05) is 14.2 Å². The van der Waals surface area contributed by atoms with Gasteiger partial charge in [-0.2, -0.15) is 0 Å². The number of hydrogen-bond acceptors (Lipinski definition) is 5. The first-order valence-corrected chi connectivity index (χ1v) is 7.03. The summed E-state index contributed by atoms with van der Waals surface area (Å²) in [5, 5.41) is 0. The van der Waals surface area contributed by atoms with Crippen molar-refractivity contribution in [1.82, 2.24) is 0 Å². The molecule has 1 aromatic rings. The summed E-state index contributed by atoms with van der Waals surface area (Å²) in [6.45, 7) is 3.39. The Morgan fingerprint density at radius 3 is 2.11 bits per heavy atom. The molecule has 0 aromatic heterocycles. The molecule has 1 aromatic carbocycles. The van der Waals surface area contributed by atoms with E-state index in [4.69, 9.17) is 13.8 Å². The van der Waals surface area contributed by atoms with Gasteiger partial charge >= 0.3 is 13.6 Å². The fraction of sp³-hybridized carbons (Fsp3) is 0.417. The molecular weight excluding hydrogens is 255 g/mol.